The molecule has 4 heteroatoms. The highest BCUT2D eigenvalue weighted by atomic mass is 14.8. The smallest absolute Gasteiger partial charge is 0.0972 e. The first-order valence-electron chi connectivity index (χ1n) is 20.1. The third kappa shape index (κ3) is 6.45. The van der Waals surface area contributed by atoms with Gasteiger partial charge in [0.15, 0.2) is 0 Å². The second-order valence-electron chi connectivity index (χ2n) is 17.6. The molecular weight excluding hydrogens is 705 g/mol. The summed E-state index contributed by atoms with van der Waals surface area (Å²) in [5.41, 5.74) is 14.5. The maximum absolute atomic E-state index is 5.27. The van der Waals surface area contributed by atoms with Gasteiger partial charge in [0.2, 0.25) is 0 Å². The second kappa shape index (κ2) is 13.4. The van der Waals surface area contributed by atoms with E-state index in [1.54, 1.807) is 0 Å². The highest BCUT2D eigenvalue weighted by Crippen LogP contribution is 2.34. The van der Waals surface area contributed by atoms with Crippen molar-refractivity contribution in [2.75, 3.05) is 0 Å². The summed E-state index contributed by atoms with van der Waals surface area (Å²) in [5.74, 6) is 0. The molecule has 0 aliphatic heterocycles. The fourth-order valence-corrected chi connectivity index (χ4v) is 8.03. The number of fused-ring (bicyclic) bond motifs is 7. The van der Waals surface area contributed by atoms with Crippen LogP contribution in [0.4, 0.5) is 0 Å². The summed E-state index contributed by atoms with van der Waals surface area (Å²) in [6.45, 7) is 13.4. The fraction of sp³-hybridized carbons (Fsp3) is 0.148. The number of hydrogen-bond donors (Lipinski definition) is 0. The molecule has 0 N–H and O–H groups in total. The number of benzene rings is 6. The number of hydrogen-bond acceptors (Lipinski definition) is 4. The van der Waals surface area contributed by atoms with Gasteiger partial charge in [-0.1, -0.05) is 163 Å². The number of pyridine rings is 4. The van der Waals surface area contributed by atoms with Crippen LogP contribution in [0.3, 0.4) is 0 Å². The highest BCUT2D eigenvalue weighted by molar-refractivity contribution is 6.05. The van der Waals surface area contributed by atoms with Crippen molar-refractivity contribution in [3.05, 3.63) is 169 Å². The normalized spacial score (nSPS) is 12.3. The predicted octanol–water partition coefficient (Wildman–Crippen LogP) is 14.3. The molecule has 58 heavy (non-hydrogen) atoms. The first-order valence-corrected chi connectivity index (χ1v) is 20.1. The zero-order valence-electron chi connectivity index (χ0n) is 33.8. The number of nitrogens with zero attached hydrogens (tertiary/aromatic N) is 4. The van der Waals surface area contributed by atoms with Crippen LogP contribution in [0.5, 0.6) is 0 Å². The summed E-state index contributed by atoms with van der Waals surface area (Å²) < 4.78 is 0. The zero-order valence-corrected chi connectivity index (χ0v) is 33.8. The lowest BCUT2D eigenvalue weighted by Gasteiger charge is -2.19. The van der Waals surface area contributed by atoms with E-state index in [9.17, 15) is 0 Å². The highest BCUT2D eigenvalue weighted by Gasteiger charge is 2.16. The molecular formula is C54H44N4. The molecule has 0 spiro atoms. The zero-order chi connectivity index (χ0) is 39.8. The largest absolute Gasteiger partial charge is 0.245 e. The standard InChI is InChI=1S/C54H44N4/c1-53(2,3)43-23-15-34(16-24-43)45-27-19-36-9-11-38-21-29-47(57-51(38)49(36)55-45)40-13-7-33-8-14-41(32-42(33)31-40)48-30-22-39-12-10-37-20-28-46(56-50(37)52(39)58-48)35-17-25-44(26-18-35)54(4,5)6/h7-32H,1-6H3. The average Bonchev–Trinajstić information content (AvgIpc) is 3.24. The van der Waals surface area contributed by atoms with Crippen molar-refractivity contribution in [3.8, 4) is 45.0 Å². The summed E-state index contributed by atoms with van der Waals surface area (Å²) in [4.78, 5) is 20.9. The quantitative estimate of drug-likeness (QED) is 0.168. The molecule has 4 nitrogen and oxygen atoms in total. The molecule has 4 heterocycles. The van der Waals surface area contributed by atoms with Gasteiger partial charge in [-0.15, -0.1) is 0 Å². The summed E-state index contributed by atoms with van der Waals surface area (Å²) in [7, 11) is 0. The third-order valence-electron chi connectivity index (χ3n) is 11.6. The van der Waals surface area contributed by atoms with Crippen LogP contribution >= 0.6 is 0 Å². The topological polar surface area (TPSA) is 51.6 Å². The Bertz CT molecular complexity index is 3010. The maximum Gasteiger partial charge on any atom is 0.0972 e. The molecule has 0 aliphatic rings. The van der Waals surface area contributed by atoms with Crippen LogP contribution in [0, 0.1) is 0 Å². The van der Waals surface area contributed by atoms with Crippen LogP contribution < -0.4 is 0 Å². The van der Waals surface area contributed by atoms with Gasteiger partial charge >= 0.3 is 0 Å². The van der Waals surface area contributed by atoms with Crippen molar-refractivity contribution in [1.82, 2.24) is 19.9 Å². The first kappa shape index (κ1) is 35.6. The Hall–Kier alpha value is -6.78. The molecule has 0 aliphatic carbocycles. The maximum atomic E-state index is 5.27. The van der Waals surface area contributed by atoms with Crippen molar-refractivity contribution in [2.45, 2.75) is 52.4 Å². The van der Waals surface area contributed by atoms with Crippen LogP contribution in [0.1, 0.15) is 52.7 Å². The summed E-state index contributed by atoms with van der Waals surface area (Å²) in [6.07, 6.45) is 0. The van der Waals surface area contributed by atoms with Gasteiger partial charge in [0.05, 0.1) is 44.8 Å². The van der Waals surface area contributed by atoms with Gasteiger partial charge < -0.3 is 0 Å². The Morgan fingerprint density at radius 3 is 0.828 bits per heavy atom. The number of aromatic nitrogens is 4. The molecule has 10 rings (SSSR count). The average molecular weight is 749 g/mol. The van der Waals surface area contributed by atoms with Crippen LogP contribution in [-0.4, -0.2) is 19.9 Å². The van der Waals surface area contributed by atoms with E-state index >= 15 is 0 Å². The van der Waals surface area contributed by atoms with Crippen molar-refractivity contribution in [1.29, 1.82) is 0 Å². The molecule has 10 aromatic rings. The van der Waals surface area contributed by atoms with Crippen LogP contribution in [0.25, 0.3) is 99.4 Å². The lowest BCUT2D eigenvalue weighted by Crippen LogP contribution is -2.10. The van der Waals surface area contributed by atoms with Gasteiger partial charge in [0, 0.05) is 43.8 Å². The third-order valence-corrected chi connectivity index (χ3v) is 11.6. The Labute approximate surface area is 339 Å². The Kier molecular flexibility index (Phi) is 8.24. The molecule has 0 saturated heterocycles. The van der Waals surface area contributed by atoms with Crippen molar-refractivity contribution >= 4 is 54.4 Å². The van der Waals surface area contributed by atoms with Crippen molar-refractivity contribution in [2.24, 2.45) is 0 Å². The van der Waals surface area contributed by atoms with E-state index in [0.717, 1.165) is 99.4 Å². The Balaban J connectivity index is 1.01. The molecule has 0 amide bonds. The van der Waals surface area contributed by atoms with Gasteiger partial charge in [-0.3, -0.25) is 0 Å². The molecule has 0 fully saturated rings. The second-order valence-corrected chi connectivity index (χ2v) is 17.6. The Morgan fingerprint density at radius 2 is 0.517 bits per heavy atom. The minimum Gasteiger partial charge on any atom is -0.245 e. The minimum atomic E-state index is 0.0991. The molecule has 0 atom stereocenters. The molecule has 4 aromatic heterocycles. The predicted molar refractivity (Wildman–Crippen MR) is 244 cm³/mol. The van der Waals surface area contributed by atoms with Crippen LogP contribution in [0.2, 0.25) is 0 Å². The molecule has 0 unspecified atom stereocenters. The van der Waals surface area contributed by atoms with Crippen LogP contribution in [-0.2, 0) is 10.8 Å². The fourth-order valence-electron chi connectivity index (χ4n) is 8.03. The molecule has 0 radical (unpaired) electrons. The summed E-state index contributed by atoms with van der Waals surface area (Å²) >= 11 is 0. The summed E-state index contributed by atoms with van der Waals surface area (Å²) in [6, 6.07) is 56.4. The van der Waals surface area contributed by atoms with E-state index < -0.39 is 0 Å². The van der Waals surface area contributed by atoms with E-state index in [2.05, 4.69) is 199 Å². The first-order chi connectivity index (χ1) is 27.9. The minimum absolute atomic E-state index is 0.0991. The van der Waals surface area contributed by atoms with Gasteiger partial charge in [0.1, 0.15) is 0 Å². The Morgan fingerprint density at radius 1 is 0.259 bits per heavy atom. The lowest BCUT2D eigenvalue weighted by molar-refractivity contribution is 0.590. The summed E-state index contributed by atoms with van der Waals surface area (Å²) in [5, 5.41) is 6.59. The van der Waals surface area contributed by atoms with Gasteiger partial charge in [0.25, 0.3) is 0 Å². The van der Waals surface area contributed by atoms with E-state index in [4.69, 9.17) is 19.9 Å². The van der Waals surface area contributed by atoms with E-state index in [1.165, 1.54) is 11.1 Å². The molecule has 0 bridgehead atoms. The van der Waals surface area contributed by atoms with Crippen molar-refractivity contribution < 1.29 is 0 Å². The van der Waals surface area contributed by atoms with Crippen LogP contribution in [0.15, 0.2) is 158 Å². The van der Waals surface area contributed by atoms with E-state index in [-0.39, 0.29) is 10.8 Å². The van der Waals surface area contributed by atoms with E-state index in [0.29, 0.717) is 0 Å². The molecule has 280 valence electrons. The molecule has 0 saturated carbocycles. The van der Waals surface area contributed by atoms with E-state index in [1.807, 2.05) is 0 Å². The molecule has 6 aromatic carbocycles. The van der Waals surface area contributed by atoms with Gasteiger partial charge in [-0.2, -0.15) is 0 Å². The van der Waals surface area contributed by atoms with Gasteiger partial charge in [-0.25, -0.2) is 19.9 Å². The monoisotopic (exact) mass is 748 g/mol. The SMILES string of the molecule is CC(C)(C)c1ccc(-c2ccc3ccc4ccc(-c5ccc6ccc(-c7ccc8ccc9ccc(-c%10ccc(C(C)(C)C)cc%10)nc9c8n7)cc6c5)nc4c3n2)cc1. The van der Waals surface area contributed by atoms with Gasteiger partial charge in [-0.05, 0) is 69.1 Å². The lowest BCUT2D eigenvalue weighted by atomic mass is 9.86. The number of rotatable bonds is 4. The van der Waals surface area contributed by atoms with Crippen molar-refractivity contribution in [3.63, 3.8) is 0 Å².